The average Bonchev–Trinajstić information content (AvgIpc) is 2.33. The molecule has 0 saturated heterocycles. The van der Waals surface area contributed by atoms with E-state index in [1.807, 2.05) is 0 Å². The summed E-state index contributed by atoms with van der Waals surface area (Å²) in [6.07, 6.45) is -0.601. The number of hydrogen-bond acceptors (Lipinski definition) is 5. The molecule has 0 spiro atoms. The van der Waals surface area contributed by atoms with Crippen molar-refractivity contribution in [3.63, 3.8) is 0 Å². The highest BCUT2D eigenvalue weighted by Gasteiger charge is 2.40. The highest BCUT2D eigenvalue weighted by Crippen LogP contribution is 2.26. The molecule has 8 heteroatoms. The van der Waals surface area contributed by atoms with E-state index in [1.54, 1.807) is 60.6 Å². The number of carbonyl (C=O) groups is 1. The van der Waals surface area contributed by atoms with Crippen molar-refractivity contribution in [2.75, 3.05) is 5.32 Å². The third-order valence-electron chi connectivity index (χ3n) is 3.79. The number of hydrogen-bond donors (Lipinski definition) is 3. The summed E-state index contributed by atoms with van der Waals surface area (Å²) in [7, 11) is -1.33. The van der Waals surface area contributed by atoms with Crippen molar-refractivity contribution in [3.05, 3.63) is 23.2 Å². The molecule has 3 N–H and O–H groups in total. The second kappa shape index (κ2) is 7.54. The number of benzene rings is 1. The van der Waals surface area contributed by atoms with E-state index in [0.717, 1.165) is 0 Å². The van der Waals surface area contributed by atoms with Gasteiger partial charge >= 0.3 is 13.2 Å². The highest BCUT2D eigenvalue weighted by molar-refractivity contribution is 6.64. The van der Waals surface area contributed by atoms with Gasteiger partial charge in [0.2, 0.25) is 0 Å². The first-order valence-electron chi connectivity index (χ1n) is 8.00. The third kappa shape index (κ3) is 6.51. The summed E-state index contributed by atoms with van der Waals surface area (Å²) in [5.74, 6) is 0. The number of carbonyl (C=O) groups excluding carboxylic acids is 1. The molecule has 0 aromatic heterocycles. The lowest BCUT2D eigenvalue weighted by atomic mass is 9.76. The summed E-state index contributed by atoms with van der Waals surface area (Å²) in [6.45, 7) is 11.8. The van der Waals surface area contributed by atoms with Gasteiger partial charge in [-0.2, -0.15) is 0 Å². The molecule has 0 heterocycles. The maximum absolute atomic E-state index is 11.8. The number of amides is 1. The summed E-state index contributed by atoms with van der Waals surface area (Å²) < 4.78 is 10.7. The van der Waals surface area contributed by atoms with Gasteiger partial charge in [-0.3, -0.25) is 5.32 Å². The van der Waals surface area contributed by atoms with E-state index in [4.69, 9.17) is 21.0 Å². The maximum atomic E-state index is 11.8. The molecule has 1 aromatic carbocycles. The fourth-order valence-electron chi connectivity index (χ4n) is 1.71. The zero-order chi connectivity index (χ0) is 19.6. The Morgan fingerprint density at radius 3 is 2.16 bits per heavy atom. The number of ether oxygens (including phenoxy) is 1. The predicted molar refractivity (Wildman–Crippen MR) is 100 cm³/mol. The van der Waals surface area contributed by atoms with Crippen molar-refractivity contribution in [2.24, 2.45) is 0 Å². The molecule has 1 amide bonds. The summed E-state index contributed by atoms with van der Waals surface area (Å²) in [5, 5.41) is 23.2. The lowest BCUT2D eigenvalue weighted by Gasteiger charge is -2.38. The molecule has 0 atom stereocenters. The van der Waals surface area contributed by atoms with E-state index in [-0.39, 0.29) is 5.02 Å². The normalized spacial score (nSPS) is 12.7. The molecule has 0 unspecified atom stereocenters. The molecule has 0 aliphatic carbocycles. The molecule has 0 bridgehead atoms. The summed E-state index contributed by atoms with van der Waals surface area (Å²) in [6, 6.07) is 4.61. The number of nitrogens with one attached hydrogen (secondary N) is 1. The number of halogens is 1. The van der Waals surface area contributed by atoms with Gasteiger partial charge < -0.3 is 19.5 Å². The largest absolute Gasteiger partial charge is 0.493 e. The molecule has 1 rings (SSSR count). The average molecular weight is 372 g/mol. The Labute approximate surface area is 154 Å². The Bertz CT molecular complexity index is 622. The van der Waals surface area contributed by atoms with Gasteiger partial charge in [0.25, 0.3) is 0 Å². The van der Waals surface area contributed by atoms with Crippen LogP contribution in [0.1, 0.15) is 48.5 Å². The smallest absolute Gasteiger partial charge is 0.444 e. The minimum Gasteiger partial charge on any atom is -0.444 e. The van der Waals surface area contributed by atoms with Gasteiger partial charge in [0.1, 0.15) is 5.60 Å². The number of rotatable bonds is 5. The maximum Gasteiger partial charge on any atom is 0.493 e. The summed E-state index contributed by atoms with van der Waals surface area (Å²) in [5.41, 5.74) is -2.03. The fourth-order valence-corrected chi connectivity index (χ4v) is 1.99. The Hall–Kier alpha value is -1.28. The molecule has 0 saturated carbocycles. The quantitative estimate of drug-likeness (QED) is 0.693. The van der Waals surface area contributed by atoms with Crippen LogP contribution in [-0.4, -0.2) is 40.1 Å². The summed E-state index contributed by atoms with van der Waals surface area (Å²) in [4.78, 5) is 11.8. The SMILES string of the molecule is CC(C)(C)OC(=O)Nc1ccc(B(O)OC(C)(C)C(C)(C)O)c(Cl)c1. The Kier molecular flexibility index (Phi) is 6.56. The van der Waals surface area contributed by atoms with Crippen molar-refractivity contribution < 1.29 is 24.3 Å². The fraction of sp³-hybridized carbons (Fsp3) is 0.588. The van der Waals surface area contributed by atoms with Crippen molar-refractivity contribution >= 4 is 36.0 Å². The first kappa shape index (κ1) is 21.8. The molecule has 25 heavy (non-hydrogen) atoms. The van der Waals surface area contributed by atoms with Gasteiger partial charge in [0.15, 0.2) is 0 Å². The van der Waals surface area contributed by atoms with Gasteiger partial charge in [-0.05, 0) is 60.6 Å². The molecular weight excluding hydrogens is 344 g/mol. The zero-order valence-electron chi connectivity index (χ0n) is 15.8. The highest BCUT2D eigenvalue weighted by atomic mass is 35.5. The van der Waals surface area contributed by atoms with Crippen LogP contribution in [0.4, 0.5) is 10.5 Å². The lowest BCUT2D eigenvalue weighted by Crippen LogP contribution is -2.53. The molecule has 0 fully saturated rings. The Balaban J connectivity index is 2.87. The monoisotopic (exact) mass is 371 g/mol. The topological polar surface area (TPSA) is 88.0 Å². The molecule has 0 radical (unpaired) electrons. The van der Waals surface area contributed by atoms with E-state index < -0.39 is 30.0 Å². The van der Waals surface area contributed by atoms with Crippen LogP contribution in [-0.2, 0) is 9.39 Å². The molecule has 140 valence electrons. The van der Waals surface area contributed by atoms with Crippen LogP contribution >= 0.6 is 11.6 Å². The molecule has 6 nitrogen and oxygen atoms in total. The zero-order valence-corrected chi connectivity index (χ0v) is 16.6. The van der Waals surface area contributed by atoms with Crippen LogP contribution in [0.3, 0.4) is 0 Å². The first-order chi connectivity index (χ1) is 11.1. The van der Waals surface area contributed by atoms with Crippen molar-refractivity contribution in [3.8, 4) is 0 Å². The van der Waals surface area contributed by atoms with E-state index in [9.17, 15) is 14.9 Å². The van der Waals surface area contributed by atoms with Gasteiger partial charge in [-0.15, -0.1) is 0 Å². The van der Waals surface area contributed by atoms with E-state index in [2.05, 4.69) is 5.32 Å². The van der Waals surface area contributed by atoms with E-state index in [1.165, 1.54) is 6.07 Å². The Morgan fingerprint density at radius 1 is 1.16 bits per heavy atom. The number of anilines is 1. The van der Waals surface area contributed by atoms with Crippen LogP contribution in [0.15, 0.2) is 18.2 Å². The second-order valence-electron chi connectivity index (χ2n) is 7.90. The van der Waals surface area contributed by atoms with Crippen molar-refractivity contribution in [1.29, 1.82) is 0 Å². The third-order valence-corrected chi connectivity index (χ3v) is 4.12. The van der Waals surface area contributed by atoms with Crippen molar-refractivity contribution in [1.82, 2.24) is 0 Å². The minimum absolute atomic E-state index is 0.215. The molecule has 0 aliphatic heterocycles. The van der Waals surface area contributed by atoms with Crippen LogP contribution < -0.4 is 10.8 Å². The van der Waals surface area contributed by atoms with Gasteiger partial charge in [-0.25, -0.2) is 4.79 Å². The first-order valence-corrected chi connectivity index (χ1v) is 8.38. The molecule has 0 aliphatic rings. The van der Waals surface area contributed by atoms with Crippen LogP contribution in [0.25, 0.3) is 0 Å². The molecule has 1 aromatic rings. The van der Waals surface area contributed by atoms with Crippen molar-refractivity contribution in [2.45, 2.75) is 65.3 Å². The number of aliphatic hydroxyl groups is 1. The minimum atomic E-state index is -1.33. The standard InChI is InChI=1S/C17H27BClNO5/c1-15(2,3)24-14(21)20-11-8-9-12(13(19)10-11)18(23)25-17(6,7)16(4,5)22/h8-10,22-23H,1-7H3,(H,20,21). The summed E-state index contributed by atoms with van der Waals surface area (Å²) >= 11 is 6.19. The van der Waals surface area contributed by atoms with Gasteiger partial charge in [0.05, 0.1) is 11.2 Å². The van der Waals surface area contributed by atoms with Crippen LogP contribution in [0, 0.1) is 0 Å². The van der Waals surface area contributed by atoms with E-state index >= 15 is 0 Å². The van der Waals surface area contributed by atoms with Crippen LogP contribution in [0.5, 0.6) is 0 Å². The van der Waals surface area contributed by atoms with Crippen LogP contribution in [0.2, 0.25) is 5.02 Å². The van der Waals surface area contributed by atoms with Gasteiger partial charge in [-0.1, -0.05) is 17.7 Å². The van der Waals surface area contributed by atoms with E-state index in [0.29, 0.717) is 11.2 Å². The predicted octanol–water partition coefficient (Wildman–Crippen LogP) is 2.94. The lowest BCUT2D eigenvalue weighted by molar-refractivity contribution is -0.0982. The Morgan fingerprint density at radius 2 is 1.72 bits per heavy atom. The van der Waals surface area contributed by atoms with Gasteiger partial charge in [0, 0.05) is 16.2 Å². The molecular formula is C17H27BClNO5. The second-order valence-corrected chi connectivity index (χ2v) is 8.31.